The summed E-state index contributed by atoms with van der Waals surface area (Å²) in [5, 5.41) is 0. The monoisotopic (exact) mass is 238 g/mol. The van der Waals surface area contributed by atoms with E-state index in [9.17, 15) is 4.39 Å². The van der Waals surface area contributed by atoms with Gasteiger partial charge in [-0.1, -0.05) is 39.5 Å². The van der Waals surface area contributed by atoms with Gasteiger partial charge in [0.1, 0.15) is 5.82 Å². The molecule has 1 heterocycles. The van der Waals surface area contributed by atoms with Gasteiger partial charge < -0.3 is 5.73 Å². The summed E-state index contributed by atoms with van der Waals surface area (Å²) < 4.78 is 13.5. The Morgan fingerprint density at radius 3 is 2.76 bits per heavy atom. The molecule has 0 amide bonds. The summed E-state index contributed by atoms with van der Waals surface area (Å²) in [7, 11) is 0. The van der Waals surface area contributed by atoms with Crippen molar-refractivity contribution in [2.24, 2.45) is 11.7 Å². The zero-order valence-electron chi connectivity index (χ0n) is 10.8. The molecular weight excluding hydrogens is 215 g/mol. The van der Waals surface area contributed by atoms with E-state index >= 15 is 0 Å². The van der Waals surface area contributed by atoms with Gasteiger partial charge in [0.25, 0.3) is 0 Å². The van der Waals surface area contributed by atoms with E-state index in [1.165, 1.54) is 25.3 Å². The lowest BCUT2D eigenvalue weighted by molar-refractivity contribution is 0.379. The quantitative estimate of drug-likeness (QED) is 0.784. The minimum absolute atomic E-state index is 0.280. The lowest BCUT2D eigenvalue weighted by atomic mass is 9.91. The molecule has 1 aromatic heterocycles. The van der Waals surface area contributed by atoms with Crippen molar-refractivity contribution in [2.75, 3.05) is 0 Å². The van der Waals surface area contributed by atoms with Gasteiger partial charge in [0, 0.05) is 6.20 Å². The van der Waals surface area contributed by atoms with Crippen molar-refractivity contribution in [3.8, 4) is 0 Å². The molecule has 0 aliphatic rings. The number of aromatic nitrogens is 1. The van der Waals surface area contributed by atoms with Crippen LogP contribution in [0.15, 0.2) is 18.3 Å². The Labute approximate surface area is 103 Å². The number of rotatable bonds is 7. The number of unbranched alkanes of at least 4 members (excludes halogenated alkanes) is 1. The van der Waals surface area contributed by atoms with Gasteiger partial charge in [-0.15, -0.1) is 0 Å². The summed E-state index contributed by atoms with van der Waals surface area (Å²) in [4.78, 5) is 4.05. The van der Waals surface area contributed by atoms with Crippen LogP contribution in [0.1, 0.15) is 57.7 Å². The third-order valence-electron chi connectivity index (χ3n) is 3.27. The highest BCUT2D eigenvalue weighted by atomic mass is 19.1. The second-order valence-corrected chi connectivity index (χ2v) is 4.63. The van der Waals surface area contributed by atoms with Crippen molar-refractivity contribution < 1.29 is 4.39 Å². The molecule has 96 valence electrons. The van der Waals surface area contributed by atoms with Gasteiger partial charge in [-0.3, -0.25) is 4.98 Å². The van der Waals surface area contributed by atoms with E-state index in [2.05, 4.69) is 18.8 Å². The van der Waals surface area contributed by atoms with E-state index < -0.39 is 0 Å². The normalized spacial score (nSPS) is 14.6. The van der Waals surface area contributed by atoms with Gasteiger partial charge in [0.05, 0.1) is 11.7 Å². The molecule has 0 aromatic carbocycles. The molecule has 2 unspecified atom stereocenters. The summed E-state index contributed by atoms with van der Waals surface area (Å²) in [5.41, 5.74) is 6.45. The molecule has 0 fully saturated rings. The van der Waals surface area contributed by atoms with E-state index in [1.807, 2.05) is 0 Å². The Hall–Kier alpha value is -0.960. The average molecular weight is 238 g/mol. The average Bonchev–Trinajstić information content (AvgIpc) is 2.34. The number of halogens is 1. The molecule has 0 saturated heterocycles. The number of hydrogen-bond donors (Lipinski definition) is 1. The first-order chi connectivity index (χ1) is 8.19. The first kappa shape index (κ1) is 14.1. The van der Waals surface area contributed by atoms with E-state index in [4.69, 9.17) is 5.73 Å². The number of pyridine rings is 1. The molecule has 0 aliphatic heterocycles. The summed E-state index contributed by atoms with van der Waals surface area (Å²) in [5.74, 6) is 0.289. The Morgan fingerprint density at radius 1 is 1.41 bits per heavy atom. The topological polar surface area (TPSA) is 38.9 Å². The zero-order chi connectivity index (χ0) is 12.7. The van der Waals surface area contributed by atoms with Crippen LogP contribution >= 0.6 is 0 Å². The molecule has 1 rings (SSSR count). The summed E-state index contributed by atoms with van der Waals surface area (Å²) in [6.45, 7) is 4.35. The molecule has 0 bridgehead atoms. The second kappa shape index (κ2) is 7.38. The van der Waals surface area contributed by atoms with Crippen LogP contribution in [0, 0.1) is 11.7 Å². The lowest BCUT2D eigenvalue weighted by Gasteiger charge is -2.19. The predicted molar refractivity (Wildman–Crippen MR) is 69.0 cm³/mol. The number of nitrogens with zero attached hydrogens (tertiary/aromatic N) is 1. The van der Waals surface area contributed by atoms with Crippen molar-refractivity contribution in [1.82, 2.24) is 4.98 Å². The van der Waals surface area contributed by atoms with Crippen molar-refractivity contribution in [3.63, 3.8) is 0 Å². The van der Waals surface area contributed by atoms with E-state index in [1.54, 1.807) is 12.3 Å². The molecule has 17 heavy (non-hydrogen) atoms. The van der Waals surface area contributed by atoms with Crippen LogP contribution in [0.25, 0.3) is 0 Å². The molecule has 1 aromatic rings. The van der Waals surface area contributed by atoms with Crippen LogP contribution in [0.3, 0.4) is 0 Å². The molecule has 0 aliphatic carbocycles. The van der Waals surface area contributed by atoms with Crippen molar-refractivity contribution in [1.29, 1.82) is 0 Å². The summed E-state index contributed by atoms with van der Waals surface area (Å²) in [6, 6.07) is 2.74. The standard InChI is InChI=1S/C14H23FN2/c1-3-5-7-11(4-2)10-13(16)14-12(15)8-6-9-17-14/h6,8-9,11,13H,3-5,7,10,16H2,1-2H3. The van der Waals surface area contributed by atoms with E-state index in [0.29, 0.717) is 11.6 Å². The third-order valence-corrected chi connectivity index (χ3v) is 3.27. The Morgan fingerprint density at radius 2 is 2.18 bits per heavy atom. The maximum atomic E-state index is 13.5. The zero-order valence-corrected chi connectivity index (χ0v) is 10.8. The first-order valence-electron chi connectivity index (χ1n) is 6.55. The largest absolute Gasteiger partial charge is 0.323 e. The molecular formula is C14H23FN2. The maximum absolute atomic E-state index is 13.5. The highest BCUT2D eigenvalue weighted by Gasteiger charge is 2.17. The number of nitrogens with two attached hydrogens (primary N) is 1. The molecule has 2 nitrogen and oxygen atoms in total. The molecule has 0 radical (unpaired) electrons. The third kappa shape index (κ3) is 4.43. The fraction of sp³-hybridized carbons (Fsp3) is 0.643. The molecule has 0 saturated carbocycles. The predicted octanol–water partition coefficient (Wildman–Crippen LogP) is 3.83. The fourth-order valence-corrected chi connectivity index (χ4v) is 2.12. The maximum Gasteiger partial charge on any atom is 0.146 e. The lowest BCUT2D eigenvalue weighted by Crippen LogP contribution is -2.18. The Balaban J connectivity index is 2.58. The minimum Gasteiger partial charge on any atom is -0.323 e. The van der Waals surface area contributed by atoms with E-state index in [-0.39, 0.29) is 11.9 Å². The number of hydrogen-bond acceptors (Lipinski definition) is 2. The van der Waals surface area contributed by atoms with Crippen LogP contribution in [0.2, 0.25) is 0 Å². The van der Waals surface area contributed by atoms with Crippen LogP contribution in [0.5, 0.6) is 0 Å². The summed E-state index contributed by atoms with van der Waals surface area (Å²) in [6.07, 6.45) is 7.12. The Kier molecular flexibility index (Phi) is 6.12. The highest BCUT2D eigenvalue weighted by molar-refractivity contribution is 5.11. The van der Waals surface area contributed by atoms with Crippen molar-refractivity contribution >= 4 is 0 Å². The van der Waals surface area contributed by atoms with Gasteiger partial charge in [-0.25, -0.2) is 4.39 Å². The summed E-state index contributed by atoms with van der Waals surface area (Å²) >= 11 is 0. The van der Waals surface area contributed by atoms with E-state index in [0.717, 1.165) is 12.8 Å². The van der Waals surface area contributed by atoms with Gasteiger partial charge in [0.15, 0.2) is 0 Å². The van der Waals surface area contributed by atoms with Crippen LogP contribution in [-0.4, -0.2) is 4.98 Å². The molecule has 2 N–H and O–H groups in total. The van der Waals surface area contributed by atoms with Crippen molar-refractivity contribution in [2.45, 2.75) is 52.0 Å². The second-order valence-electron chi connectivity index (χ2n) is 4.63. The minimum atomic E-state index is -0.287. The first-order valence-corrected chi connectivity index (χ1v) is 6.55. The molecule has 2 atom stereocenters. The smallest absolute Gasteiger partial charge is 0.146 e. The van der Waals surface area contributed by atoms with Gasteiger partial charge in [-0.05, 0) is 24.5 Å². The van der Waals surface area contributed by atoms with Crippen LogP contribution < -0.4 is 5.73 Å². The van der Waals surface area contributed by atoms with Gasteiger partial charge in [-0.2, -0.15) is 0 Å². The Bertz CT molecular complexity index is 328. The highest BCUT2D eigenvalue weighted by Crippen LogP contribution is 2.25. The molecule has 3 heteroatoms. The van der Waals surface area contributed by atoms with Crippen LogP contribution in [-0.2, 0) is 0 Å². The fourth-order valence-electron chi connectivity index (χ4n) is 2.12. The molecule has 0 spiro atoms. The van der Waals surface area contributed by atoms with Crippen molar-refractivity contribution in [3.05, 3.63) is 29.8 Å². The van der Waals surface area contributed by atoms with Crippen LogP contribution in [0.4, 0.5) is 4.39 Å². The SMILES string of the molecule is CCCCC(CC)CC(N)c1ncccc1F. The van der Waals surface area contributed by atoms with Gasteiger partial charge >= 0.3 is 0 Å². The van der Waals surface area contributed by atoms with Gasteiger partial charge in [0.2, 0.25) is 0 Å².